The number of pyridine rings is 1. The van der Waals surface area contributed by atoms with Gasteiger partial charge in [0, 0.05) is 36.4 Å². The summed E-state index contributed by atoms with van der Waals surface area (Å²) in [5.41, 5.74) is 0.933. The lowest BCUT2D eigenvalue weighted by atomic mass is 10.0. The summed E-state index contributed by atoms with van der Waals surface area (Å²) in [7, 11) is 1.71. The van der Waals surface area contributed by atoms with Crippen molar-refractivity contribution in [2.24, 2.45) is 0 Å². The Kier molecular flexibility index (Phi) is 6.94. The van der Waals surface area contributed by atoms with Crippen LogP contribution in [-0.2, 0) is 4.74 Å². The van der Waals surface area contributed by atoms with Crippen LogP contribution in [-0.4, -0.2) is 35.3 Å². The van der Waals surface area contributed by atoms with Gasteiger partial charge in [0.2, 0.25) is 0 Å². The molecule has 4 rings (SSSR count). The van der Waals surface area contributed by atoms with Gasteiger partial charge in [0.05, 0.1) is 11.7 Å². The number of methoxy groups -OCH3 is 1. The van der Waals surface area contributed by atoms with E-state index in [2.05, 4.69) is 15.2 Å². The van der Waals surface area contributed by atoms with Crippen LogP contribution in [0.4, 0.5) is 0 Å². The highest BCUT2D eigenvalue weighted by molar-refractivity contribution is 7.99. The highest BCUT2D eigenvalue weighted by atomic mass is 35.5. The maximum atomic E-state index is 6.27. The number of hydrogen-bond acceptors (Lipinski definition) is 5. The Hall–Kier alpha value is -2.06. The SMILES string of the molecule is COCCCN1C(=S)N[C@H](c2ccccn2)[C@@H]1c1ccc(Sc2ccc(Cl)cc2)o1. The molecule has 1 saturated heterocycles. The van der Waals surface area contributed by atoms with Gasteiger partial charge in [0.1, 0.15) is 11.8 Å². The van der Waals surface area contributed by atoms with Gasteiger partial charge in [-0.15, -0.1) is 0 Å². The van der Waals surface area contributed by atoms with Crippen LogP contribution >= 0.6 is 35.6 Å². The van der Waals surface area contributed by atoms with E-state index in [0.29, 0.717) is 11.7 Å². The first kappa shape index (κ1) is 21.2. The van der Waals surface area contributed by atoms with Crippen molar-refractivity contribution in [3.8, 4) is 0 Å². The molecule has 0 saturated carbocycles. The number of ether oxygens (including phenoxy) is 1. The maximum absolute atomic E-state index is 6.27. The number of hydrogen-bond donors (Lipinski definition) is 1. The standard InChI is InChI=1S/C22H22ClN3O2S2/c1-27-14-4-13-26-21(20(25-22(26)29)17-5-2-3-12-24-17)18-10-11-19(28-18)30-16-8-6-15(23)7-9-16/h2-3,5-12,20-21H,4,13-14H2,1H3,(H,25,29)/t20-,21+/m1/s1. The van der Waals surface area contributed by atoms with Crippen LogP contribution < -0.4 is 5.32 Å². The monoisotopic (exact) mass is 459 g/mol. The maximum Gasteiger partial charge on any atom is 0.170 e. The van der Waals surface area contributed by atoms with E-state index in [1.54, 1.807) is 25.1 Å². The van der Waals surface area contributed by atoms with Crippen LogP contribution in [0.3, 0.4) is 0 Å². The minimum Gasteiger partial charge on any atom is -0.452 e. The molecule has 1 aliphatic heterocycles. The Balaban J connectivity index is 1.60. The van der Waals surface area contributed by atoms with Gasteiger partial charge in [-0.1, -0.05) is 29.4 Å². The molecule has 1 N–H and O–H groups in total. The van der Waals surface area contributed by atoms with Crippen molar-refractivity contribution < 1.29 is 9.15 Å². The van der Waals surface area contributed by atoms with Crippen molar-refractivity contribution >= 4 is 40.7 Å². The van der Waals surface area contributed by atoms with E-state index in [0.717, 1.165) is 39.4 Å². The molecule has 30 heavy (non-hydrogen) atoms. The summed E-state index contributed by atoms with van der Waals surface area (Å²) in [5.74, 6) is 0.854. The summed E-state index contributed by atoms with van der Waals surface area (Å²) in [5, 5.41) is 5.68. The average molecular weight is 460 g/mol. The smallest absolute Gasteiger partial charge is 0.170 e. The number of aromatic nitrogens is 1. The van der Waals surface area contributed by atoms with Gasteiger partial charge >= 0.3 is 0 Å². The van der Waals surface area contributed by atoms with Crippen molar-refractivity contribution in [3.05, 3.63) is 77.3 Å². The van der Waals surface area contributed by atoms with Gasteiger partial charge in [-0.2, -0.15) is 0 Å². The minimum atomic E-state index is -0.0826. The van der Waals surface area contributed by atoms with Gasteiger partial charge in [0.15, 0.2) is 10.2 Å². The van der Waals surface area contributed by atoms with Gasteiger partial charge in [-0.3, -0.25) is 4.98 Å². The van der Waals surface area contributed by atoms with Crippen LogP contribution in [0.2, 0.25) is 5.02 Å². The number of benzene rings is 1. The highest BCUT2D eigenvalue weighted by Crippen LogP contribution is 2.41. The first-order valence-corrected chi connectivity index (χ1v) is 11.3. The number of nitrogens with zero attached hydrogens (tertiary/aromatic N) is 2. The van der Waals surface area contributed by atoms with Crippen molar-refractivity contribution in [2.45, 2.75) is 28.5 Å². The van der Waals surface area contributed by atoms with E-state index < -0.39 is 0 Å². The second kappa shape index (κ2) is 9.83. The summed E-state index contributed by atoms with van der Waals surface area (Å²) >= 11 is 13.2. The lowest BCUT2D eigenvalue weighted by molar-refractivity contribution is 0.176. The first-order valence-electron chi connectivity index (χ1n) is 9.66. The molecule has 156 valence electrons. The number of nitrogens with one attached hydrogen (secondary N) is 1. The molecule has 2 aromatic heterocycles. The molecule has 0 unspecified atom stereocenters. The van der Waals surface area contributed by atoms with Crippen molar-refractivity contribution in [2.75, 3.05) is 20.3 Å². The summed E-state index contributed by atoms with van der Waals surface area (Å²) in [6.45, 7) is 1.45. The predicted molar refractivity (Wildman–Crippen MR) is 123 cm³/mol. The molecule has 0 spiro atoms. The van der Waals surface area contributed by atoms with E-state index in [4.69, 9.17) is 33.0 Å². The fourth-order valence-corrected chi connectivity index (χ4v) is 4.74. The zero-order valence-corrected chi connectivity index (χ0v) is 18.8. The molecule has 8 heteroatoms. The van der Waals surface area contributed by atoms with E-state index >= 15 is 0 Å². The summed E-state index contributed by atoms with van der Waals surface area (Å²) in [6, 6.07) is 17.5. The number of furan rings is 1. The van der Waals surface area contributed by atoms with E-state index in [9.17, 15) is 0 Å². The molecule has 2 atom stereocenters. The number of halogens is 1. The third kappa shape index (κ3) is 4.81. The topological polar surface area (TPSA) is 50.5 Å². The second-order valence-corrected chi connectivity index (χ2v) is 8.78. The van der Waals surface area contributed by atoms with Gasteiger partial charge < -0.3 is 19.4 Å². The van der Waals surface area contributed by atoms with Crippen molar-refractivity contribution in [3.63, 3.8) is 0 Å². The Morgan fingerprint density at radius 1 is 1.20 bits per heavy atom. The van der Waals surface area contributed by atoms with E-state index in [1.165, 1.54) is 0 Å². The van der Waals surface area contributed by atoms with Crippen LogP contribution in [0.25, 0.3) is 0 Å². The van der Waals surface area contributed by atoms with E-state index in [1.807, 2.05) is 54.6 Å². The van der Waals surface area contributed by atoms with Crippen LogP contribution in [0, 0.1) is 0 Å². The minimum absolute atomic E-state index is 0.0798. The average Bonchev–Trinajstić information content (AvgIpc) is 3.35. The molecule has 3 heterocycles. The molecule has 1 aliphatic rings. The predicted octanol–water partition coefficient (Wildman–Crippen LogP) is 5.49. The Labute approximate surface area is 190 Å². The fraction of sp³-hybridized carbons (Fsp3) is 0.273. The molecule has 1 fully saturated rings. The van der Waals surface area contributed by atoms with Crippen molar-refractivity contribution in [1.29, 1.82) is 0 Å². The first-order chi connectivity index (χ1) is 14.7. The van der Waals surface area contributed by atoms with Gasteiger partial charge in [-0.25, -0.2) is 0 Å². The van der Waals surface area contributed by atoms with Gasteiger partial charge in [0.25, 0.3) is 0 Å². The summed E-state index contributed by atoms with van der Waals surface area (Å²) in [4.78, 5) is 7.79. The molecule has 5 nitrogen and oxygen atoms in total. The lowest BCUT2D eigenvalue weighted by Gasteiger charge is -2.25. The zero-order valence-electron chi connectivity index (χ0n) is 16.5. The molecular weight excluding hydrogens is 438 g/mol. The zero-order chi connectivity index (χ0) is 20.9. The molecule has 3 aromatic rings. The normalized spacial score (nSPS) is 18.6. The summed E-state index contributed by atoms with van der Waals surface area (Å²) < 4.78 is 11.5. The third-order valence-corrected chi connectivity index (χ3v) is 6.40. The second-order valence-electron chi connectivity index (χ2n) is 6.88. The molecule has 0 aliphatic carbocycles. The van der Waals surface area contributed by atoms with E-state index in [-0.39, 0.29) is 12.1 Å². The number of thiocarbonyl (C=S) groups is 1. The summed E-state index contributed by atoms with van der Waals surface area (Å²) in [6.07, 6.45) is 2.67. The third-order valence-electron chi connectivity index (χ3n) is 4.87. The van der Waals surface area contributed by atoms with Crippen LogP contribution in [0.5, 0.6) is 0 Å². The largest absolute Gasteiger partial charge is 0.452 e. The molecule has 0 bridgehead atoms. The molecule has 1 aromatic carbocycles. The van der Waals surface area contributed by atoms with Gasteiger partial charge in [-0.05, 0) is 67.2 Å². The molecular formula is C22H22ClN3O2S2. The Morgan fingerprint density at radius 2 is 2.03 bits per heavy atom. The van der Waals surface area contributed by atoms with Crippen LogP contribution in [0.15, 0.2) is 75.2 Å². The Bertz CT molecular complexity index is 982. The number of rotatable bonds is 8. The lowest BCUT2D eigenvalue weighted by Crippen LogP contribution is -2.31. The molecule has 0 amide bonds. The fourth-order valence-electron chi connectivity index (χ4n) is 3.50. The quantitative estimate of drug-likeness (QED) is 0.353. The Morgan fingerprint density at radius 3 is 2.77 bits per heavy atom. The van der Waals surface area contributed by atoms with Crippen LogP contribution in [0.1, 0.15) is 30.0 Å². The molecule has 0 radical (unpaired) electrons. The van der Waals surface area contributed by atoms with Crippen molar-refractivity contribution in [1.82, 2.24) is 15.2 Å². The highest BCUT2D eigenvalue weighted by Gasteiger charge is 2.41.